The van der Waals surface area contributed by atoms with Gasteiger partial charge >= 0.3 is 0 Å². The highest BCUT2D eigenvalue weighted by Gasteiger charge is 2.24. The lowest BCUT2D eigenvalue weighted by Gasteiger charge is -2.23. The number of thiazole rings is 1. The van der Waals surface area contributed by atoms with Crippen LogP contribution in [0, 0.1) is 0 Å². The first-order chi connectivity index (χ1) is 10.4. The summed E-state index contributed by atoms with van der Waals surface area (Å²) in [4.78, 5) is 7.31. The van der Waals surface area contributed by atoms with E-state index in [2.05, 4.69) is 34.5 Å². The maximum Gasteiger partial charge on any atom is 0.123 e. The Labute approximate surface area is 130 Å². The van der Waals surface area contributed by atoms with Gasteiger partial charge < -0.3 is 5.11 Å². The van der Waals surface area contributed by atoms with Crippen molar-refractivity contribution in [2.45, 2.75) is 38.3 Å². The van der Waals surface area contributed by atoms with Gasteiger partial charge in [-0.2, -0.15) is 0 Å². The molecule has 1 aliphatic heterocycles. The first-order valence-electron chi connectivity index (χ1n) is 7.71. The van der Waals surface area contributed by atoms with E-state index in [0.29, 0.717) is 12.6 Å². The molecule has 2 aromatic rings. The van der Waals surface area contributed by atoms with E-state index in [1.165, 1.54) is 24.1 Å². The average Bonchev–Trinajstić information content (AvgIpc) is 3.16. The zero-order valence-corrected chi connectivity index (χ0v) is 13.1. The van der Waals surface area contributed by atoms with Crippen molar-refractivity contribution in [3.8, 4) is 10.6 Å². The maximum atomic E-state index is 9.00. The Balaban J connectivity index is 1.64. The highest BCUT2D eigenvalue weighted by atomic mass is 32.1. The molecule has 2 heterocycles. The minimum absolute atomic E-state index is 0.305. The monoisotopic (exact) mass is 302 g/mol. The van der Waals surface area contributed by atoms with E-state index in [0.717, 1.165) is 30.9 Å². The van der Waals surface area contributed by atoms with E-state index >= 15 is 0 Å². The molecule has 112 valence electrons. The van der Waals surface area contributed by atoms with E-state index in [1.54, 1.807) is 11.3 Å². The SMILES string of the molecule is OCCCC1CCCN1Cc1csc(-c2ccccc2)n1. The summed E-state index contributed by atoms with van der Waals surface area (Å²) in [6.45, 7) is 2.41. The third-order valence-corrected chi connectivity index (χ3v) is 5.07. The van der Waals surface area contributed by atoms with Gasteiger partial charge in [0, 0.05) is 30.1 Å². The fourth-order valence-corrected chi connectivity index (χ4v) is 3.88. The molecule has 1 atom stereocenters. The minimum Gasteiger partial charge on any atom is -0.396 e. The molecule has 1 saturated heterocycles. The Bertz CT molecular complexity index is 555. The van der Waals surface area contributed by atoms with Crippen molar-refractivity contribution in [1.29, 1.82) is 0 Å². The zero-order valence-electron chi connectivity index (χ0n) is 12.2. The molecule has 0 spiro atoms. The Morgan fingerprint density at radius 2 is 2.14 bits per heavy atom. The number of aliphatic hydroxyl groups excluding tert-OH is 1. The highest BCUT2D eigenvalue weighted by Crippen LogP contribution is 2.27. The van der Waals surface area contributed by atoms with Gasteiger partial charge in [0.2, 0.25) is 0 Å². The molecule has 1 aromatic heterocycles. The van der Waals surface area contributed by atoms with Crippen LogP contribution in [0.15, 0.2) is 35.7 Å². The number of rotatable bonds is 6. The molecule has 0 radical (unpaired) electrons. The van der Waals surface area contributed by atoms with Crippen LogP contribution in [0.1, 0.15) is 31.4 Å². The molecule has 1 N–H and O–H groups in total. The summed E-state index contributed by atoms with van der Waals surface area (Å²) in [6.07, 6.45) is 4.54. The van der Waals surface area contributed by atoms with E-state index in [-0.39, 0.29) is 0 Å². The fourth-order valence-electron chi connectivity index (χ4n) is 3.06. The number of nitrogens with zero attached hydrogens (tertiary/aromatic N) is 2. The third kappa shape index (κ3) is 3.70. The summed E-state index contributed by atoms with van der Waals surface area (Å²) in [7, 11) is 0. The Kier molecular flexibility index (Phi) is 5.01. The van der Waals surface area contributed by atoms with Crippen LogP contribution in [0.5, 0.6) is 0 Å². The van der Waals surface area contributed by atoms with Gasteiger partial charge in [-0.25, -0.2) is 4.98 Å². The van der Waals surface area contributed by atoms with Crippen LogP contribution in [-0.4, -0.2) is 34.2 Å². The van der Waals surface area contributed by atoms with Crippen LogP contribution in [-0.2, 0) is 6.54 Å². The molecule has 3 rings (SSSR count). The van der Waals surface area contributed by atoms with Gasteiger partial charge in [-0.1, -0.05) is 30.3 Å². The van der Waals surface area contributed by atoms with E-state index < -0.39 is 0 Å². The third-order valence-electron chi connectivity index (χ3n) is 4.13. The van der Waals surface area contributed by atoms with Crippen LogP contribution in [0.4, 0.5) is 0 Å². The Morgan fingerprint density at radius 3 is 2.95 bits per heavy atom. The number of hydrogen-bond acceptors (Lipinski definition) is 4. The quantitative estimate of drug-likeness (QED) is 0.886. The summed E-state index contributed by atoms with van der Waals surface area (Å²) < 4.78 is 0. The predicted octanol–water partition coefficient (Wildman–Crippen LogP) is 3.55. The van der Waals surface area contributed by atoms with Gasteiger partial charge in [-0.05, 0) is 32.2 Å². The molecule has 1 aliphatic rings. The van der Waals surface area contributed by atoms with Crippen molar-refractivity contribution in [3.05, 3.63) is 41.4 Å². The molecule has 1 unspecified atom stereocenters. The van der Waals surface area contributed by atoms with Crippen molar-refractivity contribution < 1.29 is 5.11 Å². The maximum absolute atomic E-state index is 9.00. The van der Waals surface area contributed by atoms with Crippen molar-refractivity contribution in [2.75, 3.05) is 13.2 Å². The molecule has 0 aliphatic carbocycles. The molecule has 0 saturated carbocycles. The molecule has 4 heteroatoms. The Hall–Kier alpha value is -1.23. The normalized spacial score (nSPS) is 19.2. The second-order valence-corrected chi connectivity index (χ2v) is 6.50. The summed E-state index contributed by atoms with van der Waals surface area (Å²) >= 11 is 1.73. The lowest BCUT2D eigenvalue weighted by molar-refractivity contribution is 0.209. The lowest BCUT2D eigenvalue weighted by atomic mass is 10.1. The van der Waals surface area contributed by atoms with E-state index in [1.807, 2.05) is 6.07 Å². The van der Waals surface area contributed by atoms with Crippen molar-refractivity contribution in [2.24, 2.45) is 0 Å². The van der Waals surface area contributed by atoms with Gasteiger partial charge in [-0.3, -0.25) is 4.90 Å². The second-order valence-electron chi connectivity index (χ2n) is 5.64. The predicted molar refractivity (Wildman–Crippen MR) is 87.3 cm³/mol. The summed E-state index contributed by atoms with van der Waals surface area (Å²) in [5.41, 5.74) is 2.38. The Morgan fingerprint density at radius 1 is 1.29 bits per heavy atom. The molecule has 0 bridgehead atoms. The summed E-state index contributed by atoms with van der Waals surface area (Å²) in [6, 6.07) is 11.0. The van der Waals surface area contributed by atoms with Gasteiger partial charge in [0.05, 0.1) is 5.69 Å². The molecular weight excluding hydrogens is 280 g/mol. The molecule has 3 nitrogen and oxygen atoms in total. The van der Waals surface area contributed by atoms with Gasteiger partial charge in [-0.15, -0.1) is 11.3 Å². The standard InChI is InChI=1S/C17H22N2OS/c20-11-5-9-16-8-4-10-19(16)12-15-13-21-17(18-15)14-6-2-1-3-7-14/h1-3,6-7,13,16,20H,4-5,8-12H2. The number of aliphatic hydroxyl groups is 1. The zero-order chi connectivity index (χ0) is 14.5. The van der Waals surface area contributed by atoms with E-state index in [9.17, 15) is 0 Å². The topological polar surface area (TPSA) is 36.4 Å². The van der Waals surface area contributed by atoms with Crippen molar-refractivity contribution >= 4 is 11.3 Å². The van der Waals surface area contributed by atoms with Crippen LogP contribution in [0.2, 0.25) is 0 Å². The van der Waals surface area contributed by atoms with Gasteiger partial charge in [0.15, 0.2) is 0 Å². The minimum atomic E-state index is 0.305. The van der Waals surface area contributed by atoms with Crippen LogP contribution >= 0.6 is 11.3 Å². The number of aromatic nitrogens is 1. The van der Waals surface area contributed by atoms with Crippen LogP contribution in [0.25, 0.3) is 10.6 Å². The molecule has 21 heavy (non-hydrogen) atoms. The number of benzene rings is 1. The van der Waals surface area contributed by atoms with Crippen molar-refractivity contribution in [1.82, 2.24) is 9.88 Å². The fraction of sp³-hybridized carbons (Fsp3) is 0.471. The molecular formula is C17H22N2OS. The molecule has 1 aromatic carbocycles. The number of hydrogen-bond donors (Lipinski definition) is 1. The van der Waals surface area contributed by atoms with Crippen molar-refractivity contribution in [3.63, 3.8) is 0 Å². The number of likely N-dealkylation sites (tertiary alicyclic amines) is 1. The van der Waals surface area contributed by atoms with E-state index in [4.69, 9.17) is 10.1 Å². The largest absolute Gasteiger partial charge is 0.396 e. The lowest BCUT2D eigenvalue weighted by Crippen LogP contribution is -2.29. The first-order valence-corrected chi connectivity index (χ1v) is 8.59. The molecule has 0 amide bonds. The average molecular weight is 302 g/mol. The second kappa shape index (κ2) is 7.16. The summed E-state index contributed by atoms with van der Waals surface area (Å²) in [5, 5.41) is 12.3. The highest BCUT2D eigenvalue weighted by molar-refractivity contribution is 7.13. The van der Waals surface area contributed by atoms with Gasteiger partial charge in [0.25, 0.3) is 0 Å². The first kappa shape index (κ1) is 14.7. The van der Waals surface area contributed by atoms with Crippen LogP contribution in [0.3, 0.4) is 0 Å². The summed E-state index contributed by atoms with van der Waals surface area (Å²) in [5.74, 6) is 0. The van der Waals surface area contributed by atoms with Crippen LogP contribution < -0.4 is 0 Å². The molecule has 1 fully saturated rings. The smallest absolute Gasteiger partial charge is 0.123 e. The van der Waals surface area contributed by atoms with Gasteiger partial charge in [0.1, 0.15) is 5.01 Å².